The first kappa shape index (κ1) is 13.1. The Balaban J connectivity index is 1.92. The van der Waals surface area contributed by atoms with E-state index in [-0.39, 0.29) is 11.9 Å². The van der Waals surface area contributed by atoms with Gasteiger partial charge in [0.05, 0.1) is 18.1 Å². The van der Waals surface area contributed by atoms with Crippen LogP contribution in [0.4, 0.5) is 4.39 Å². The van der Waals surface area contributed by atoms with Gasteiger partial charge in [-0.15, -0.1) is 0 Å². The van der Waals surface area contributed by atoms with E-state index in [1.165, 1.54) is 12.3 Å². The quantitative estimate of drug-likeness (QED) is 0.731. The Bertz CT molecular complexity index is 742. The molecule has 0 fully saturated rings. The molecule has 3 rings (SSSR count). The predicted octanol–water partition coefficient (Wildman–Crippen LogP) is 3.77. The second-order valence-electron chi connectivity index (χ2n) is 4.34. The Morgan fingerprint density at radius 2 is 2.20 bits per heavy atom. The molecule has 3 aromatic heterocycles. The molecule has 6 heteroatoms. The monoisotopic (exact) mass is 335 g/mol. The predicted molar refractivity (Wildman–Crippen MR) is 76.1 cm³/mol. The van der Waals surface area contributed by atoms with E-state index < -0.39 is 0 Å². The van der Waals surface area contributed by atoms with Gasteiger partial charge in [-0.2, -0.15) is 5.10 Å². The molecule has 0 N–H and O–H groups in total. The fraction of sp³-hybridized carbons (Fsp3) is 0.143. The lowest BCUT2D eigenvalue weighted by molar-refractivity contribution is 0.223. The van der Waals surface area contributed by atoms with Crippen LogP contribution in [0.2, 0.25) is 0 Å². The third kappa shape index (κ3) is 2.51. The van der Waals surface area contributed by atoms with Crippen LogP contribution < -0.4 is 4.74 Å². The Hall–Kier alpha value is -1.95. The van der Waals surface area contributed by atoms with Gasteiger partial charge in [0.2, 0.25) is 0 Å². The molecule has 0 saturated carbocycles. The van der Waals surface area contributed by atoms with E-state index in [1.807, 2.05) is 25.3 Å². The highest BCUT2D eigenvalue weighted by Crippen LogP contribution is 2.28. The average Bonchev–Trinajstić information content (AvgIpc) is 2.87. The fourth-order valence-electron chi connectivity index (χ4n) is 1.94. The molecule has 20 heavy (non-hydrogen) atoms. The smallest absolute Gasteiger partial charge is 0.147 e. The maximum Gasteiger partial charge on any atom is 0.147 e. The minimum absolute atomic E-state index is 0.288. The first-order valence-electron chi connectivity index (χ1n) is 6.04. The number of rotatable bonds is 3. The minimum Gasteiger partial charge on any atom is -0.482 e. The number of hydrogen-bond acceptors (Lipinski definition) is 3. The molecule has 1 atom stereocenters. The largest absolute Gasteiger partial charge is 0.482 e. The van der Waals surface area contributed by atoms with Gasteiger partial charge in [-0.25, -0.2) is 8.91 Å². The molecule has 0 saturated heterocycles. The van der Waals surface area contributed by atoms with Crippen LogP contribution in [0.1, 0.15) is 18.7 Å². The van der Waals surface area contributed by atoms with Crippen LogP contribution >= 0.6 is 15.9 Å². The van der Waals surface area contributed by atoms with Crippen molar-refractivity contribution >= 4 is 21.4 Å². The van der Waals surface area contributed by atoms with E-state index >= 15 is 0 Å². The lowest BCUT2D eigenvalue weighted by atomic mass is 10.2. The summed E-state index contributed by atoms with van der Waals surface area (Å²) in [6.07, 6.45) is 4.45. The molecule has 1 unspecified atom stereocenters. The van der Waals surface area contributed by atoms with E-state index in [0.29, 0.717) is 11.4 Å². The van der Waals surface area contributed by atoms with Crippen molar-refractivity contribution in [1.82, 2.24) is 14.6 Å². The summed E-state index contributed by atoms with van der Waals surface area (Å²) in [6.45, 7) is 1.87. The number of hydrogen-bond donors (Lipinski definition) is 0. The Kier molecular flexibility index (Phi) is 3.40. The van der Waals surface area contributed by atoms with Gasteiger partial charge >= 0.3 is 0 Å². The Labute approximate surface area is 123 Å². The van der Waals surface area contributed by atoms with E-state index in [0.717, 1.165) is 9.99 Å². The first-order chi connectivity index (χ1) is 9.63. The van der Waals surface area contributed by atoms with Crippen molar-refractivity contribution in [3.8, 4) is 5.75 Å². The summed E-state index contributed by atoms with van der Waals surface area (Å²) in [4.78, 5) is 4.03. The molecular weight excluding hydrogens is 325 g/mol. The highest BCUT2D eigenvalue weighted by Gasteiger charge is 2.12. The van der Waals surface area contributed by atoms with Gasteiger partial charge in [-0.05, 0) is 47.1 Å². The number of ether oxygens (including phenoxy) is 1. The zero-order chi connectivity index (χ0) is 14.1. The topological polar surface area (TPSA) is 39.4 Å². The van der Waals surface area contributed by atoms with Crippen LogP contribution in [0.3, 0.4) is 0 Å². The van der Waals surface area contributed by atoms with Crippen LogP contribution in [-0.4, -0.2) is 14.6 Å². The van der Waals surface area contributed by atoms with Crippen molar-refractivity contribution in [2.24, 2.45) is 0 Å². The maximum atomic E-state index is 12.9. The molecule has 0 bridgehead atoms. The summed E-state index contributed by atoms with van der Waals surface area (Å²) in [5.41, 5.74) is 1.53. The maximum absolute atomic E-state index is 12.9. The Morgan fingerprint density at radius 1 is 1.35 bits per heavy atom. The van der Waals surface area contributed by atoms with E-state index in [2.05, 4.69) is 26.0 Å². The molecule has 0 aliphatic carbocycles. The number of aromatic nitrogens is 3. The van der Waals surface area contributed by atoms with Crippen molar-refractivity contribution in [3.63, 3.8) is 0 Å². The first-order valence-corrected chi connectivity index (χ1v) is 6.84. The molecule has 3 heterocycles. The van der Waals surface area contributed by atoms with Crippen LogP contribution in [0, 0.1) is 5.82 Å². The molecule has 0 aliphatic rings. The summed E-state index contributed by atoms with van der Waals surface area (Å²) in [5.74, 6) is 0.331. The van der Waals surface area contributed by atoms with E-state index in [1.54, 1.807) is 16.8 Å². The van der Waals surface area contributed by atoms with Crippen molar-refractivity contribution in [2.45, 2.75) is 13.0 Å². The van der Waals surface area contributed by atoms with E-state index in [9.17, 15) is 4.39 Å². The van der Waals surface area contributed by atoms with Crippen LogP contribution in [-0.2, 0) is 0 Å². The molecule has 0 spiro atoms. The molecule has 0 radical (unpaired) electrons. The molecular formula is C14H11BrFN3O. The number of fused-ring (bicyclic) bond motifs is 1. The van der Waals surface area contributed by atoms with Gasteiger partial charge in [-0.3, -0.25) is 4.98 Å². The molecule has 102 valence electrons. The van der Waals surface area contributed by atoms with Gasteiger partial charge in [0.1, 0.15) is 23.2 Å². The third-order valence-corrected chi connectivity index (χ3v) is 3.34. The fourth-order valence-corrected chi connectivity index (χ4v) is 2.34. The summed E-state index contributed by atoms with van der Waals surface area (Å²) < 4.78 is 21.4. The van der Waals surface area contributed by atoms with Crippen molar-refractivity contribution < 1.29 is 9.13 Å². The highest BCUT2D eigenvalue weighted by atomic mass is 79.9. The van der Waals surface area contributed by atoms with Gasteiger partial charge < -0.3 is 4.74 Å². The average molecular weight is 336 g/mol. The molecule has 4 nitrogen and oxygen atoms in total. The van der Waals surface area contributed by atoms with E-state index in [4.69, 9.17) is 4.74 Å². The van der Waals surface area contributed by atoms with Crippen LogP contribution in [0.5, 0.6) is 5.75 Å². The summed E-state index contributed by atoms with van der Waals surface area (Å²) >= 11 is 3.42. The lowest BCUT2D eigenvalue weighted by Crippen LogP contribution is -2.06. The molecule has 0 amide bonds. The summed E-state index contributed by atoms with van der Waals surface area (Å²) in [5, 5.41) is 4.17. The third-order valence-electron chi connectivity index (χ3n) is 2.91. The van der Waals surface area contributed by atoms with Gasteiger partial charge in [-0.1, -0.05) is 0 Å². The van der Waals surface area contributed by atoms with Crippen molar-refractivity contribution in [2.75, 3.05) is 0 Å². The second-order valence-corrected chi connectivity index (χ2v) is 5.26. The zero-order valence-corrected chi connectivity index (χ0v) is 12.2. The molecule has 3 aromatic rings. The molecule has 0 aliphatic heterocycles. The molecule has 0 aromatic carbocycles. The number of pyridine rings is 2. The number of nitrogens with zero attached hydrogens (tertiary/aromatic N) is 3. The highest BCUT2D eigenvalue weighted by molar-refractivity contribution is 9.10. The summed E-state index contributed by atoms with van der Waals surface area (Å²) in [6, 6.07) is 6.73. The van der Waals surface area contributed by atoms with Gasteiger partial charge in [0, 0.05) is 10.7 Å². The van der Waals surface area contributed by atoms with Crippen LogP contribution in [0.25, 0.3) is 5.52 Å². The standard InChI is InChI=1S/C14H11BrFN3O/c1-9(12-3-2-11(16)7-17-12)20-14-6-10(15)8-19-13(14)4-5-18-19/h2-9H,1H3. The normalized spacial score (nSPS) is 12.6. The van der Waals surface area contributed by atoms with Gasteiger partial charge in [0.25, 0.3) is 0 Å². The number of halogens is 2. The zero-order valence-electron chi connectivity index (χ0n) is 10.6. The van der Waals surface area contributed by atoms with Crippen molar-refractivity contribution in [1.29, 1.82) is 0 Å². The minimum atomic E-state index is -0.360. The van der Waals surface area contributed by atoms with Crippen molar-refractivity contribution in [3.05, 3.63) is 58.8 Å². The second kappa shape index (κ2) is 5.20. The summed E-state index contributed by atoms with van der Waals surface area (Å²) in [7, 11) is 0. The van der Waals surface area contributed by atoms with Gasteiger partial charge in [0.15, 0.2) is 0 Å². The SMILES string of the molecule is CC(Oc1cc(Br)cn2nccc12)c1ccc(F)cn1. The van der Waals surface area contributed by atoms with Crippen LogP contribution in [0.15, 0.2) is 47.3 Å². The lowest BCUT2D eigenvalue weighted by Gasteiger charge is -2.15. The Morgan fingerprint density at radius 3 is 2.95 bits per heavy atom.